The van der Waals surface area contributed by atoms with Crippen LogP contribution in [0.5, 0.6) is 11.5 Å². The third kappa shape index (κ3) is 2.22. The van der Waals surface area contributed by atoms with Crippen molar-refractivity contribution in [3.8, 4) is 22.6 Å². The minimum atomic E-state index is -0.431. The summed E-state index contributed by atoms with van der Waals surface area (Å²) in [6, 6.07) is 6.85. The summed E-state index contributed by atoms with van der Waals surface area (Å²) in [7, 11) is 3.15. The standard InChI is InChI=1S/C13H13NO3S/c1-14-7-8(5-11(15)13(14)16)10-6-9(18)3-4-12(10)17-2/h3-7,15,18H,1-2H3. The van der Waals surface area contributed by atoms with Crippen LogP contribution in [0.4, 0.5) is 0 Å². The molecule has 0 saturated carbocycles. The van der Waals surface area contributed by atoms with Crippen molar-refractivity contribution < 1.29 is 9.84 Å². The Morgan fingerprint density at radius 3 is 2.67 bits per heavy atom. The van der Waals surface area contributed by atoms with E-state index < -0.39 is 5.56 Å². The molecule has 0 bridgehead atoms. The molecule has 0 radical (unpaired) electrons. The quantitative estimate of drug-likeness (QED) is 0.815. The summed E-state index contributed by atoms with van der Waals surface area (Å²) in [5.74, 6) is 0.368. The first-order chi connectivity index (χ1) is 8.52. The lowest BCUT2D eigenvalue weighted by atomic mass is 10.1. The second kappa shape index (κ2) is 4.78. The van der Waals surface area contributed by atoms with Gasteiger partial charge in [-0.25, -0.2) is 0 Å². The molecule has 2 aromatic rings. The highest BCUT2D eigenvalue weighted by Gasteiger charge is 2.10. The molecule has 0 amide bonds. The normalized spacial score (nSPS) is 10.4. The first-order valence-corrected chi connectivity index (χ1v) is 5.74. The van der Waals surface area contributed by atoms with Gasteiger partial charge in [-0.1, -0.05) is 0 Å². The van der Waals surface area contributed by atoms with Crippen LogP contribution in [-0.2, 0) is 7.05 Å². The molecule has 0 unspecified atom stereocenters. The maximum atomic E-state index is 11.4. The molecule has 1 aromatic carbocycles. The zero-order valence-corrected chi connectivity index (χ0v) is 10.9. The predicted octanol–water partition coefficient (Wildman–Crippen LogP) is 2.06. The minimum absolute atomic E-state index is 0.290. The average molecular weight is 263 g/mol. The number of ether oxygens (including phenoxy) is 1. The van der Waals surface area contributed by atoms with Gasteiger partial charge in [0.15, 0.2) is 5.75 Å². The Kier molecular flexibility index (Phi) is 3.34. The fraction of sp³-hybridized carbons (Fsp3) is 0.154. The smallest absolute Gasteiger partial charge is 0.292 e. The number of pyridine rings is 1. The van der Waals surface area contributed by atoms with Crippen molar-refractivity contribution >= 4 is 12.6 Å². The molecule has 94 valence electrons. The van der Waals surface area contributed by atoms with Crippen molar-refractivity contribution in [2.75, 3.05) is 7.11 Å². The van der Waals surface area contributed by atoms with Gasteiger partial charge >= 0.3 is 0 Å². The van der Waals surface area contributed by atoms with E-state index in [-0.39, 0.29) is 5.75 Å². The Labute approximate surface area is 110 Å². The van der Waals surface area contributed by atoms with E-state index in [1.807, 2.05) is 12.1 Å². The number of methoxy groups -OCH3 is 1. The molecule has 0 aliphatic carbocycles. The second-order valence-corrected chi connectivity index (χ2v) is 4.43. The molecule has 0 atom stereocenters. The fourth-order valence-electron chi connectivity index (χ4n) is 1.76. The van der Waals surface area contributed by atoms with Crippen LogP contribution in [-0.4, -0.2) is 16.8 Å². The zero-order valence-electron chi connectivity index (χ0n) is 10.0. The van der Waals surface area contributed by atoms with E-state index in [0.717, 1.165) is 10.5 Å². The Balaban J connectivity index is 2.68. The Hall–Kier alpha value is -1.88. The molecule has 0 fully saturated rings. The van der Waals surface area contributed by atoms with Gasteiger partial charge in [0, 0.05) is 29.3 Å². The van der Waals surface area contributed by atoms with Crippen LogP contribution in [0.15, 0.2) is 40.2 Å². The molecule has 5 heteroatoms. The van der Waals surface area contributed by atoms with Gasteiger partial charge in [-0.15, -0.1) is 12.6 Å². The van der Waals surface area contributed by atoms with Gasteiger partial charge in [-0.2, -0.15) is 0 Å². The summed E-state index contributed by atoms with van der Waals surface area (Å²) in [5, 5.41) is 9.58. The third-order valence-corrected chi connectivity index (χ3v) is 2.94. The van der Waals surface area contributed by atoms with Gasteiger partial charge in [0.05, 0.1) is 7.11 Å². The predicted molar refractivity (Wildman–Crippen MR) is 72.6 cm³/mol. The number of rotatable bonds is 2. The number of aromatic nitrogens is 1. The molecule has 0 saturated heterocycles. The number of aromatic hydroxyl groups is 1. The van der Waals surface area contributed by atoms with Gasteiger partial charge in [0.2, 0.25) is 0 Å². The van der Waals surface area contributed by atoms with E-state index in [0.29, 0.717) is 11.3 Å². The lowest BCUT2D eigenvalue weighted by Crippen LogP contribution is -2.15. The second-order valence-electron chi connectivity index (χ2n) is 3.91. The molecule has 18 heavy (non-hydrogen) atoms. The molecule has 2 rings (SSSR count). The van der Waals surface area contributed by atoms with Crippen molar-refractivity contribution in [2.24, 2.45) is 7.05 Å². The molecule has 4 nitrogen and oxygen atoms in total. The third-order valence-electron chi connectivity index (χ3n) is 2.66. The summed E-state index contributed by atoms with van der Waals surface area (Å²) < 4.78 is 6.59. The van der Waals surface area contributed by atoms with Gasteiger partial charge in [0.25, 0.3) is 5.56 Å². The number of nitrogens with zero attached hydrogens (tertiary/aromatic N) is 1. The van der Waals surface area contributed by atoms with Crippen molar-refractivity contribution in [3.05, 3.63) is 40.8 Å². The minimum Gasteiger partial charge on any atom is -0.503 e. The van der Waals surface area contributed by atoms with E-state index in [9.17, 15) is 9.90 Å². The molecule has 1 N–H and O–H groups in total. The van der Waals surface area contributed by atoms with Crippen molar-refractivity contribution in [1.29, 1.82) is 0 Å². The Morgan fingerprint density at radius 2 is 2.06 bits per heavy atom. The number of hydrogen-bond donors (Lipinski definition) is 2. The SMILES string of the molecule is COc1ccc(S)cc1-c1cc(O)c(=O)n(C)c1. The number of benzene rings is 1. The van der Waals surface area contributed by atoms with Crippen LogP contribution < -0.4 is 10.3 Å². The van der Waals surface area contributed by atoms with Crippen molar-refractivity contribution in [3.63, 3.8) is 0 Å². The van der Waals surface area contributed by atoms with Crippen LogP contribution in [0.3, 0.4) is 0 Å². The van der Waals surface area contributed by atoms with E-state index in [1.165, 1.54) is 10.6 Å². The fourth-order valence-corrected chi connectivity index (χ4v) is 1.97. The van der Waals surface area contributed by atoms with Crippen molar-refractivity contribution in [2.45, 2.75) is 4.90 Å². The number of aryl methyl sites for hydroxylation is 1. The van der Waals surface area contributed by atoms with Crippen LogP contribution in [0.25, 0.3) is 11.1 Å². The lowest BCUT2D eigenvalue weighted by Gasteiger charge is -2.11. The molecule has 1 heterocycles. The van der Waals surface area contributed by atoms with E-state index in [2.05, 4.69) is 12.6 Å². The Bertz CT molecular complexity index is 623. The largest absolute Gasteiger partial charge is 0.503 e. The molecule has 0 aliphatic heterocycles. The first-order valence-electron chi connectivity index (χ1n) is 5.30. The highest BCUT2D eigenvalue weighted by Crippen LogP contribution is 2.32. The van der Waals surface area contributed by atoms with E-state index in [1.54, 1.807) is 26.4 Å². The van der Waals surface area contributed by atoms with E-state index >= 15 is 0 Å². The summed E-state index contributed by atoms with van der Waals surface area (Å²) in [6.07, 6.45) is 1.65. The molecule has 0 spiro atoms. The van der Waals surface area contributed by atoms with E-state index in [4.69, 9.17) is 4.74 Å². The van der Waals surface area contributed by atoms with Crippen LogP contribution in [0.1, 0.15) is 0 Å². The summed E-state index contributed by atoms with van der Waals surface area (Å²) in [5.41, 5.74) is 1.04. The maximum Gasteiger partial charge on any atom is 0.292 e. The van der Waals surface area contributed by atoms with Gasteiger partial charge in [-0.05, 0) is 24.3 Å². The zero-order chi connectivity index (χ0) is 13.3. The first kappa shape index (κ1) is 12.6. The molecular formula is C13H13NO3S. The average Bonchev–Trinajstić information content (AvgIpc) is 2.35. The van der Waals surface area contributed by atoms with Crippen molar-refractivity contribution in [1.82, 2.24) is 4.57 Å². The highest BCUT2D eigenvalue weighted by molar-refractivity contribution is 7.80. The summed E-state index contributed by atoms with van der Waals surface area (Å²) in [6.45, 7) is 0. The lowest BCUT2D eigenvalue weighted by molar-refractivity contribution is 0.416. The highest BCUT2D eigenvalue weighted by atomic mass is 32.1. The molecular weight excluding hydrogens is 250 g/mol. The van der Waals surface area contributed by atoms with Gasteiger partial charge < -0.3 is 14.4 Å². The topological polar surface area (TPSA) is 51.5 Å². The van der Waals surface area contributed by atoms with Crippen LogP contribution >= 0.6 is 12.6 Å². The molecule has 1 aromatic heterocycles. The van der Waals surface area contributed by atoms with Gasteiger partial charge in [0.1, 0.15) is 5.75 Å². The summed E-state index contributed by atoms with van der Waals surface area (Å²) >= 11 is 4.28. The van der Waals surface area contributed by atoms with Crippen LogP contribution in [0, 0.1) is 0 Å². The maximum absolute atomic E-state index is 11.4. The summed E-state index contributed by atoms with van der Waals surface area (Å²) in [4.78, 5) is 12.2. The molecule has 0 aliphatic rings. The monoisotopic (exact) mass is 263 g/mol. The van der Waals surface area contributed by atoms with Gasteiger partial charge in [-0.3, -0.25) is 4.79 Å². The van der Waals surface area contributed by atoms with Crippen LogP contribution in [0.2, 0.25) is 0 Å². The number of hydrogen-bond acceptors (Lipinski definition) is 4. The number of thiol groups is 1. The Morgan fingerprint density at radius 1 is 1.33 bits per heavy atom.